The minimum atomic E-state index is -1.10. The van der Waals surface area contributed by atoms with Crippen LogP contribution >= 0.6 is 11.6 Å². The molecule has 0 fully saturated rings. The Labute approximate surface area is 208 Å². The van der Waals surface area contributed by atoms with E-state index in [1.807, 2.05) is 78.9 Å². The van der Waals surface area contributed by atoms with E-state index in [0.29, 0.717) is 30.4 Å². The van der Waals surface area contributed by atoms with Gasteiger partial charge in [-0.15, -0.1) is 0 Å². The van der Waals surface area contributed by atoms with Crippen molar-refractivity contribution in [3.63, 3.8) is 0 Å². The maximum Gasteiger partial charge on any atom is 0.337 e. The van der Waals surface area contributed by atoms with E-state index in [2.05, 4.69) is 10.5 Å². The number of nitrogens with one attached hydrogen (secondary N) is 1. The molecule has 0 saturated heterocycles. The quantitative estimate of drug-likeness (QED) is 0.194. The summed E-state index contributed by atoms with van der Waals surface area (Å²) in [5.41, 5.74) is 6.21. The maximum atomic E-state index is 11.3. The van der Waals surface area contributed by atoms with E-state index >= 15 is 0 Å². The van der Waals surface area contributed by atoms with Crippen LogP contribution in [0.2, 0.25) is 5.02 Å². The normalized spacial score (nSPS) is 10.8. The zero-order valence-corrected chi connectivity index (χ0v) is 19.5. The van der Waals surface area contributed by atoms with E-state index in [9.17, 15) is 9.90 Å². The lowest BCUT2D eigenvalue weighted by atomic mass is 10.2. The van der Waals surface area contributed by atoms with Crippen molar-refractivity contribution in [2.45, 2.75) is 13.2 Å². The van der Waals surface area contributed by atoms with Gasteiger partial charge in [-0.25, -0.2) is 4.79 Å². The SMILES string of the molecule is O=C(O)c1cc(N/N=C/c2ccc(OCc3ccccc3)c(OCc3ccccc3)c2)ccc1Cl. The molecule has 0 aliphatic carbocycles. The second kappa shape index (κ2) is 11.7. The number of anilines is 1. The number of rotatable bonds is 10. The van der Waals surface area contributed by atoms with Gasteiger partial charge in [-0.05, 0) is 53.1 Å². The Kier molecular flexibility index (Phi) is 7.99. The van der Waals surface area contributed by atoms with Gasteiger partial charge in [-0.3, -0.25) is 5.43 Å². The van der Waals surface area contributed by atoms with Crippen LogP contribution in [0.15, 0.2) is 102 Å². The Morgan fingerprint density at radius 2 is 1.46 bits per heavy atom. The number of ether oxygens (including phenoxy) is 2. The summed E-state index contributed by atoms with van der Waals surface area (Å²) < 4.78 is 12.1. The zero-order valence-electron chi connectivity index (χ0n) is 18.7. The molecule has 0 aliphatic heterocycles. The number of halogens is 1. The molecule has 4 aromatic carbocycles. The van der Waals surface area contributed by atoms with E-state index in [1.165, 1.54) is 12.1 Å². The first-order valence-corrected chi connectivity index (χ1v) is 11.3. The number of carboxylic acid groups (broad SMARTS) is 1. The summed E-state index contributed by atoms with van der Waals surface area (Å²) in [5, 5.41) is 13.6. The molecule has 0 aliphatic rings. The fraction of sp³-hybridized carbons (Fsp3) is 0.0714. The number of nitrogens with zero attached hydrogens (tertiary/aromatic N) is 1. The van der Waals surface area contributed by atoms with Gasteiger partial charge in [-0.1, -0.05) is 72.3 Å². The molecule has 0 aromatic heterocycles. The second-order valence-electron chi connectivity index (χ2n) is 7.62. The molecule has 0 amide bonds. The lowest BCUT2D eigenvalue weighted by molar-refractivity contribution is 0.0697. The summed E-state index contributed by atoms with van der Waals surface area (Å²) in [6.45, 7) is 0.810. The Bertz CT molecular complexity index is 1310. The van der Waals surface area contributed by atoms with Crippen molar-refractivity contribution in [3.8, 4) is 11.5 Å². The first-order valence-electron chi connectivity index (χ1n) is 10.9. The zero-order chi connectivity index (χ0) is 24.5. The molecule has 0 heterocycles. The smallest absolute Gasteiger partial charge is 0.337 e. The molecule has 176 valence electrons. The summed E-state index contributed by atoms with van der Waals surface area (Å²) in [6.07, 6.45) is 1.62. The Morgan fingerprint density at radius 3 is 2.09 bits per heavy atom. The Hall–Kier alpha value is -4.29. The minimum Gasteiger partial charge on any atom is -0.485 e. The standard InChI is InChI=1S/C28H23ClN2O4/c29-25-13-12-23(16-24(25)28(32)33)31-30-17-22-11-14-26(34-18-20-7-3-1-4-8-20)27(15-22)35-19-21-9-5-2-6-10-21/h1-17,31H,18-19H2,(H,32,33)/b30-17+. The largest absolute Gasteiger partial charge is 0.485 e. The minimum absolute atomic E-state index is 0.00313. The van der Waals surface area contributed by atoms with Crippen molar-refractivity contribution in [1.29, 1.82) is 0 Å². The van der Waals surface area contributed by atoms with Crippen LogP contribution in [-0.4, -0.2) is 17.3 Å². The Morgan fingerprint density at radius 1 is 0.829 bits per heavy atom. The molecule has 0 spiro atoms. The highest BCUT2D eigenvalue weighted by molar-refractivity contribution is 6.33. The van der Waals surface area contributed by atoms with Gasteiger partial charge in [0, 0.05) is 0 Å². The molecule has 7 heteroatoms. The summed E-state index contributed by atoms with van der Waals surface area (Å²) in [6, 6.07) is 29.9. The van der Waals surface area contributed by atoms with E-state index in [1.54, 1.807) is 12.3 Å². The molecule has 0 saturated carbocycles. The first-order chi connectivity index (χ1) is 17.1. The summed E-state index contributed by atoms with van der Waals surface area (Å²) in [7, 11) is 0. The van der Waals surface area contributed by atoms with Crippen molar-refractivity contribution in [2.24, 2.45) is 5.10 Å². The molecule has 4 aromatic rings. The van der Waals surface area contributed by atoms with E-state index in [-0.39, 0.29) is 10.6 Å². The van der Waals surface area contributed by atoms with Crippen LogP contribution < -0.4 is 14.9 Å². The number of hydrazone groups is 1. The number of hydrogen-bond donors (Lipinski definition) is 2. The third kappa shape index (κ3) is 6.85. The number of carbonyl (C=O) groups is 1. The predicted molar refractivity (Wildman–Crippen MR) is 138 cm³/mol. The van der Waals surface area contributed by atoms with Gasteiger partial charge in [0.25, 0.3) is 0 Å². The second-order valence-corrected chi connectivity index (χ2v) is 8.03. The number of hydrogen-bond acceptors (Lipinski definition) is 5. The molecule has 35 heavy (non-hydrogen) atoms. The van der Waals surface area contributed by atoms with Crippen molar-refractivity contribution in [3.05, 3.63) is 124 Å². The molecule has 0 unspecified atom stereocenters. The summed E-state index contributed by atoms with van der Waals surface area (Å²) in [4.78, 5) is 11.3. The average Bonchev–Trinajstić information content (AvgIpc) is 2.89. The van der Waals surface area contributed by atoms with E-state index in [4.69, 9.17) is 21.1 Å². The molecule has 0 bridgehead atoms. The predicted octanol–water partition coefficient (Wildman–Crippen LogP) is 6.64. The summed E-state index contributed by atoms with van der Waals surface area (Å²) >= 11 is 5.92. The van der Waals surface area contributed by atoms with Crippen molar-refractivity contribution in [1.82, 2.24) is 0 Å². The van der Waals surface area contributed by atoms with Crippen LogP contribution in [0, 0.1) is 0 Å². The van der Waals surface area contributed by atoms with Crippen LogP contribution in [0.25, 0.3) is 0 Å². The Balaban J connectivity index is 1.49. The average molecular weight is 487 g/mol. The van der Waals surface area contributed by atoms with Gasteiger partial charge in [0.15, 0.2) is 11.5 Å². The fourth-order valence-electron chi connectivity index (χ4n) is 3.25. The van der Waals surface area contributed by atoms with Gasteiger partial charge in [0.2, 0.25) is 0 Å². The molecule has 0 atom stereocenters. The van der Waals surface area contributed by atoms with Crippen molar-refractivity contribution >= 4 is 29.5 Å². The van der Waals surface area contributed by atoms with Gasteiger partial charge in [0.1, 0.15) is 13.2 Å². The lowest BCUT2D eigenvalue weighted by Crippen LogP contribution is -2.02. The third-order valence-corrected chi connectivity index (χ3v) is 5.38. The molecule has 6 nitrogen and oxygen atoms in total. The van der Waals surface area contributed by atoms with Crippen LogP contribution in [0.4, 0.5) is 5.69 Å². The lowest BCUT2D eigenvalue weighted by Gasteiger charge is -2.14. The third-order valence-electron chi connectivity index (χ3n) is 5.05. The highest BCUT2D eigenvalue weighted by atomic mass is 35.5. The van der Waals surface area contributed by atoms with Gasteiger partial charge < -0.3 is 14.6 Å². The van der Waals surface area contributed by atoms with E-state index in [0.717, 1.165) is 16.7 Å². The van der Waals surface area contributed by atoms with Crippen LogP contribution in [-0.2, 0) is 13.2 Å². The highest BCUT2D eigenvalue weighted by Gasteiger charge is 2.10. The first kappa shape index (κ1) is 23.9. The maximum absolute atomic E-state index is 11.3. The van der Waals surface area contributed by atoms with E-state index < -0.39 is 5.97 Å². The highest BCUT2D eigenvalue weighted by Crippen LogP contribution is 2.30. The molecule has 4 rings (SSSR count). The van der Waals surface area contributed by atoms with Crippen LogP contribution in [0.5, 0.6) is 11.5 Å². The molecular weight excluding hydrogens is 464 g/mol. The number of benzene rings is 4. The van der Waals surface area contributed by atoms with Gasteiger partial charge in [-0.2, -0.15) is 5.10 Å². The monoisotopic (exact) mass is 486 g/mol. The summed E-state index contributed by atoms with van der Waals surface area (Å²) in [5.74, 6) is 0.112. The van der Waals surface area contributed by atoms with Gasteiger partial charge in [0.05, 0.1) is 22.5 Å². The number of aromatic carboxylic acids is 1. The topological polar surface area (TPSA) is 80.2 Å². The molecule has 0 radical (unpaired) electrons. The van der Waals surface area contributed by atoms with Gasteiger partial charge >= 0.3 is 5.97 Å². The van der Waals surface area contributed by atoms with Crippen molar-refractivity contribution < 1.29 is 19.4 Å². The fourth-order valence-corrected chi connectivity index (χ4v) is 3.45. The van der Waals surface area contributed by atoms with Crippen LogP contribution in [0.1, 0.15) is 27.0 Å². The molecule has 2 N–H and O–H groups in total. The molecular formula is C28H23ClN2O4. The number of carboxylic acids is 1. The van der Waals surface area contributed by atoms with Crippen molar-refractivity contribution in [2.75, 3.05) is 5.43 Å². The van der Waals surface area contributed by atoms with Crippen LogP contribution in [0.3, 0.4) is 0 Å².